The van der Waals surface area contributed by atoms with Crippen LogP contribution < -0.4 is 0 Å². The van der Waals surface area contributed by atoms with Gasteiger partial charge in [-0.15, -0.1) is 0 Å². The van der Waals surface area contributed by atoms with Gasteiger partial charge in [0.05, 0.1) is 13.2 Å². The fourth-order valence-electron chi connectivity index (χ4n) is 2.63. The van der Waals surface area contributed by atoms with Crippen molar-refractivity contribution in [2.45, 2.75) is 49.0 Å². The topological polar surface area (TPSA) is 120 Å². The third kappa shape index (κ3) is 3.45. The van der Waals surface area contributed by atoms with Crippen molar-refractivity contribution in [1.82, 2.24) is 0 Å². The monoisotopic (exact) mass is 311 g/mol. The second-order valence-corrected chi connectivity index (χ2v) is 7.63. The molecule has 5 N–H and O–H groups in total. The molecule has 0 aromatic rings. The van der Waals surface area contributed by atoms with E-state index in [1.807, 2.05) is 0 Å². The lowest BCUT2D eigenvalue weighted by Crippen LogP contribution is -2.51. The van der Waals surface area contributed by atoms with Crippen molar-refractivity contribution >= 4 is 10.9 Å². The van der Waals surface area contributed by atoms with Gasteiger partial charge in [-0.2, -0.15) is 0 Å². The average molecular weight is 311 g/mol. The third-order valence-electron chi connectivity index (χ3n) is 3.76. The number of hydrogen-bond acceptors (Lipinski definition) is 7. The van der Waals surface area contributed by atoms with Gasteiger partial charge in [-0.1, -0.05) is 0 Å². The highest BCUT2D eigenvalue weighted by molar-refractivity contribution is 7.97. The Morgan fingerprint density at radius 2 is 1.95 bits per heavy atom. The first kappa shape index (κ1) is 16.4. The van der Waals surface area contributed by atoms with Gasteiger partial charge in [0.25, 0.3) is 0 Å². The lowest BCUT2D eigenvalue weighted by molar-refractivity contribution is -0.261. The van der Waals surface area contributed by atoms with Gasteiger partial charge in [0.1, 0.15) is 42.0 Å². The van der Waals surface area contributed by atoms with Crippen LogP contribution in [0.1, 0.15) is 6.92 Å². The largest absolute Gasteiger partial charge is 0.391 e. The predicted octanol–water partition coefficient (Wildman–Crippen LogP) is -2.82. The Morgan fingerprint density at radius 1 is 1.25 bits per heavy atom. The van der Waals surface area contributed by atoms with Crippen LogP contribution in [0.2, 0.25) is 0 Å². The van der Waals surface area contributed by atoms with Crippen LogP contribution in [0.5, 0.6) is 0 Å². The molecule has 0 saturated carbocycles. The van der Waals surface area contributed by atoms with E-state index in [1.165, 1.54) is 0 Å². The Bertz CT molecular complexity index is 318. The van der Waals surface area contributed by atoms with Crippen LogP contribution in [0.25, 0.3) is 0 Å². The highest BCUT2D eigenvalue weighted by Crippen LogP contribution is 2.26. The van der Waals surface area contributed by atoms with Crippen molar-refractivity contribution in [3.63, 3.8) is 0 Å². The zero-order chi connectivity index (χ0) is 14.9. The molecule has 2 rings (SSSR count). The zero-order valence-electron chi connectivity index (χ0n) is 11.3. The van der Waals surface area contributed by atoms with Crippen LogP contribution in [0, 0.1) is 0 Å². The lowest BCUT2D eigenvalue weighted by atomic mass is 10.1. The molecule has 8 atom stereocenters. The molecule has 7 nitrogen and oxygen atoms in total. The molecule has 118 valence electrons. The second kappa shape index (κ2) is 6.89. The fourth-order valence-corrected chi connectivity index (χ4v) is 5.31. The molecule has 2 saturated heterocycles. The Kier molecular flexibility index (Phi) is 5.66. The van der Waals surface area contributed by atoms with Crippen LogP contribution in [-0.2, 0) is 20.4 Å². The zero-order valence-corrected chi connectivity index (χ0v) is 12.1. The molecule has 0 aromatic heterocycles. The van der Waals surface area contributed by atoms with E-state index in [4.69, 9.17) is 9.47 Å². The van der Waals surface area contributed by atoms with Gasteiger partial charge >= 0.3 is 0 Å². The molecule has 0 spiro atoms. The fraction of sp³-hybridized carbons (Fsp3) is 1.00. The molecule has 2 aliphatic rings. The van der Waals surface area contributed by atoms with E-state index >= 15 is 0 Å². The molecule has 0 radical (unpaired) electrons. The number of rotatable bonds is 4. The molecule has 2 heterocycles. The van der Waals surface area contributed by atoms with E-state index in [0.717, 1.165) is 0 Å². The van der Waals surface area contributed by atoms with Crippen molar-refractivity contribution < 1.29 is 35.0 Å². The Balaban J connectivity index is 1.95. The van der Waals surface area contributed by atoms with Crippen molar-refractivity contribution in [1.29, 1.82) is 0 Å². The SMILES string of the molecule is CC1OC[C@@H](O)[C@@H]([C@H](O)C[S+]2C[C@@H](O)[C@H](O)[C@H]2CO)O1. The second-order valence-electron chi connectivity index (χ2n) is 5.29. The van der Waals surface area contributed by atoms with Gasteiger partial charge in [-0.3, -0.25) is 0 Å². The highest BCUT2D eigenvalue weighted by Gasteiger charge is 2.51. The third-order valence-corrected chi connectivity index (χ3v) is 6.59. The summed E-state index contributed by atoms with van der Waals surface area (Å²) in [5.41, 5.74) is 0. The Labute approximate surface area is 120 Å². The van der Waals surface area contributed by atoms with Gasteiger partial charge in [-0.25, -0.2) is 0 Å². The molecule has 2 fully saturated rings. The summed E-state index contributed by atoms with van der Waals surface area (Å²) in [6, 6.07) is 0. The van der Waals surface area contributed by atoms with E-state index in [0.29, 0.717) is 5.75 Å². The molecule has 2 aliphatic heterocycles. The van der Waals surface area contributed by atoms with E-state index in [9.17, 15) is 25.5 Å². The maximum atomic E-state index is 10.2. The quantitative estimate of drug-likeness (QED) is 0.355. The Hall–Kier alpha value is 0.0700. The van der Waals surface area contributed by atoms with Crippen LogP contribution in [-0.4, -0.2) is 92.3 Å². The van der Waals surface area contributed by atoms with E-state index in [1.54, 1.807) is 6.92 Å². The average Bonchev–Trinajstić information content (AvgIpc) is 2.67. The van der Waals surface area contributed by atoms with E-state index in [-0.39, 0.29) is 19.0 Å². The highest BCUT2D eigenvalue weighted by atomic mass is 32.2. The summed E-state index contributed by atoms with van der Waals surface area (Å²) in [4.78, 5) is 0. The van der Waals surface area contributed by atoms with Gasteiger partial charge in [-0.05, 0) is 6.92 Å². The lowest BCUT2D eigenvalue weighted by Gasteiger charge is -2.34. The summed E-state index contributed by atoms with van der Waals surface area (Å²) in [5, 5.41) is 48.3. The molecule has 0 amide bonds. The maximum absolute atomic E-state index is 10.2. The first-order valence-corrected chi connectivity index (χ1v) is 8.33. The molecule has 0 bridgehead atoms. The molecule has 8 heteroatoms. The summed E-state index contributed by atoms with van der Waals surface area (Å²) in [6.07, 6.45) is -4.91. The molecular weight excluding hydrogens is 288 g/mol. The minimum absolute atomic E-state index is 0.103. The van der Waals surface area contributed by atoms with Crippen molar-refractivity contribution in [3.05, 3.63) is 0 Å². The molecular formula is C12H23O7S+. The maximum Gasteiger partial charge on any atom is 0.169 e. The summed E-state index contributed by atoms with van der Waals surface area (Å²) < 4.78 is 10.5. The van der Waals surface area contributed by atoms with Crippen molar-refractivity contribution in [3.8, 4) is 0 Å². The van der Waals surface area contributed by atoms with Crippen LogP contribution in [0.15, 0.2) is 0 Å². The van der Waals surface area contributed by atoms with E-state index in [2.05, 4.69) is 0 Å². The molecule has 0 aromatic carbocycles. The van der Waals surface area contributed by atoms with Crippen molar-refractivity contribution in [2.24, 2.45) is 0 Å². The Morgan fingerprint density at radius 3 is 2.60 bits per heavy atom. The molecule has 20 heavy (non-hydrogen) atoms. The van der Waals surface area contributed by atoms with E-state index < -0.39 is 53.0 Å². The van der Waals surface area contributed by atoms with Gasteiger partial charge in [0, 0.05) is 10.9 Å². The number of aliphatic hydroxyl groups is 5. The first-order chi connectivity index (χ1) is 9.43. The van der Waals surface area contributed by atoms with Crippen LogP contribution in [0.3, 0.4) is 0 Å². The van der Waals surface area contributed by atoms with Crippen molar-refractivity contribution in [2.75, 3.05) is 24.7 Å². The van der Waals surface area contributed by atoms with Gasteiger partial charge in [0.15, 0.2) is 11.5 Å². The van der Waals surface area contributed by atoms with Gasteiger partial charge in [0.2, 0.25) is 0 Å². The summed E-state index contributed by atoms with van der Waals surface area (Å²) in [7, 11) is -0.515. The number of ether oxygens (including phenoxy) is 2. The standard InChI is InChI=1S/C12H23O7S/c1-6-18-3-7(14)12(19-6)9(16)5-20-4-8(15)11(17)10(20)2-13/h6-17H,2-5H2,1H3/q+1/t6?,7-,8-,9-,10-,11+,12+,20?/m1/s1. The summed E-state index contributed by atoms with van der Waals surface area (Å²) >= 11 is 0. The van der Waals surface area contributed by atoms with Gasteiger partial charge < -0.3 is 35.0 Å². The minimum atomic E-state index is -0.963. The predicted molar refractivity (Wildman–Crippen MR) is 72.3 cm³/mol. The number of hydrogen-bond donors (Lipinski definition) is 5. The normalized spacial score (nSPS) is 47.4. The minimum Gasteiger partial charge on any atom is -0.391 e. The van der Waals surface area contributed by atoms with Crippen LogP contribution >= 0.6 is 0 Å². The first-order valence-electron chi connectivity index (χ1n) is 6.70. The summed E-state index contributed by atoms with van der Waals surface area (Å²) in [6.45, 7) is 1.56. The number of aliphatic hydroxyl groups excluding tert-OH is 5. The molecule has 0 aliphatic carbocycles. The van der Waals surface area contributed by atoms with Crippen LogP contribution in [0.4, 0.5) is 0 Å². The summed E-state index contributed by atoms with van der Waals surface area (Å²) in [5.74, 6) is 0.617. The smallest absolute Gasteiger partial charge is 0.169 e. The molecule has 2 unspecified atom stereocenters.